The van der Waals surface area contributed by atoms with Crippen molar-refractivity contribution in [3.63, 3.8) is 0 Å². The molecule has 0 aliphatic carbocycles. The maximum absolute atomic E-state index is 4.44. The summed E-state index contributed by atoms with van der Waals surface area (Å²) >= 11 is 0. The van der Waals surface area contributed by atoms with E-state index in [-0.39, 0.29) is 0 Å². The standard InChI is InChI=1S/C13H12N/c1-10-8-9-13(11(2)14-10)12-6-4-3-5-7-12/h4-9H,1-2H3. The third-order valence-corrected chi connectivity index (χ3v) is 2.25. The SMILES string of the molecule is Cc1ccc(-c2cc[c]cc2)c(C)n1. The van der Waals surface area contributed by atoms with E-state index in [1.54, 1.807) is 0 Å². The van der Waals surface area contributed by atoms with Crippen LogP contribution in [0.25, 0.3) is 11.1 Å². The Morgan fingerprint density at radius 1 is 1.00 bits per heavy atom. The minimum atomic E-state index is 1.06. The molecule has 1 aromatic carbocycles. The minimum Gasteiger partial charge on any atom is -0.258 e. The van der Waals surface area contributed by atoms with Crippen molar-refractivity contribution in [2.75, 3.05) is 0 Å². The van der Waals surface area contributed by atoms with Crippen LogP contribution in [0.3, 0.4) is 0 Å². The quantitative estimate of drug-likeness (QED) is 0.660. The maximum atomic E-state index is 4.44. The van der Waals surface area contributed by atoms with Crippen LogP contribution in [0.15, 0.2) is 36.4 Å². The van der Waals surface area contributed by atoms with Crippen LogP contribution in [0.5, 0.6) is 0 Å². The first-order valence-corrected chi connectivity index (χ1v) is 4.68. The lowest BCUT2D eigenvalue weighted by molar-refractivity contribution is 1.13. The first kappa shape index (κ1) is 8.95. The number of hydrogen-bond acceptors (Lipinski definition) is 1. The smallest absolute Gasteiger partial charge is 0.0454 e. The molecule has 2 aromatic rings. The number of rotatable bonds is 1. The molecule has 0 saturated carbocycles. The topological polar surface area (TPSA) is 12.9 Å². The Balaban J connectivity index is 2.53. The minimum absolute atomic E-state index is 1.06. The molecule has 0 saturated heterocycles. The van der Waals surface area contributed by atoms with E-state index in [9.17, 15) is 0 Å². The predicted octanol–water partition coefficient (Wildman–Crippen LogP) is 3.17. The first-order valence-electron chi connectivity index (χ1n) is 4.68. The largest absolute Gasteiger partial charge is 0.258 e. The number of aryl methyl sites for hydroxylation is 2. The zero-order chi connectivity index (χ0) is 9.97. The normalized spacial score (nSPS) is 10.1. The van der Waals surface area contributed by atoms with E-state index in [1.807, 2.05) is 32.0 Å². The third kappa shape index (κ3) is 1.67. The second kappa shape index (κ2) is 3.62. The van der Waals surface area contributed by atoms with Crippen molar-refractivity contribution in [1.29, 1.82) is 0 Å². The molecule has 0 aliphatic heterocycles. The molecule has 0 bridgehead atoms. The van der Waals surface area contributed by atoms with Gasteiger partial charge >= 0.3 is 0 Å². The van der Waals surface area contributed by atoms with Gasteiger partial charge in [0.25, 0.3) is 0 Å². The zero-order valence-electron chi connectivity index (χ0n) is 8.41. The van der Waals surface area contributed by atoms with Crippen molar-refractivity contribution in [2.45, 2.75) is 13.8 Å². The van der Waals surface area contributed by atoms with Crippen LogP contribution in [0.1, 0.15) is 11.4 Å². The summed E-state index contributed by atoms with van der Waals surface area (Å²) in [4.78, 5) is 4.44. The molecule has 0 amide bonds. The Kier molecular flexibility index (Phi) is 2.32. The number of hydrogen-bond donors (Lipinski definition) is 0. The summed E-state index contributed by atoms with van der Waals surface area (Å²) in [5, 5.41) is 0. The van der Waals surface area contributed by atoms with Gasteiger partial charge in [-0.25, -0.2) is 0 Å². The van der Waals surface area contributed by atoms with Crippen molar-refractivity contribution < 1.29 is 0 Å². The molecule has 0 spiro atoms. The molecular weight excluding hydrogens is 170 g/mol. The summed E-state index contributed by atoms with van der Waals surface area (Å²) in [5.41, 5.74) is 4.54. The van der Waals surface area contributed by atoms with Gasteiger partial charge in [0.05, 0.1) is 0 Å². The van der Waals surface area contributed by atoms with Gasteiger partial charge in [-0.05, 0) is 31.5 Å². The Labute approximate surface area is 84.4 Å². The maximum Gasteiger partial charge on any atom is 0.0454 e. The summed E-state index contributed by atoms with van der Waals surface area (Å²) in [5.74, 6) is 0. The van der Waals surface area contributed by atoms with Crippen molar-refractivity contribution in [3.05, 3.63) is 53.9 Å². The van der Waals surface area contributed by atoms with E-state index >= 15 is 0 Å². The number of pyridine rings is 1. The summed E-state index contributed by atoms with van der Waals surface area (Å²) < 4.78 is 0. The number of benzene rings is 1. The molecule has 1 heterocycles. The molecule has 0 fully saturated rings. The second-order valence-electron chi connectivity index (χ2n) is 3.37. The summed E-state index contributed by atoms with van der Waals surface area (Å²) in [6.07, 6.45) is 0. The van der Waals surface area contributed by atoms with Crippen LogP contribution >= 0.6 is 0 Å². The summed E-state index contributed by atoms with van der Waals surface area (Å²) in [7, 11) is 0. The molecule has 1 aromatic heterocycles. The molecule has 2 rings (SSSR count). The van der Waals surface area contributed by atoms with Crippen LogP contribution in [0.4, 0.5) is 0 Å². The first-order chi connectivity index (χ1) is 6.77. The van der Waals surface area contributed by atoms with Crippen molar-refractivity contribution in [3.8, 4) is 11.1 Å². The highest BCUT2D eigenvalue weighted by atomic mass is 14.7. The van der Waals surface area contributed by atoms with Gasteiger partial charge in [0, 0.05) is 17.0 Å². The average Bonchev–Trinajstić information content (AvgIpc) is 2.19. The van der Waals surface area contributed by atoms with Crippen LogP contribution < -0.4 is 0 Å². The van der Waals surface area contributed by atoms with Gasteiger partial charge in [-0.1, -0.05) is 30.3 Å². The van der Waals surface area contributed by atoms with Crippen LogP contribution in [0.2, 0.25) is 0 Å². The van der Waals surface area contributed by atoms with Crippen LogP contribution in [-0.4, -0.2) is 4.98 Å². The predicted molar refractivity (Wildman–Crippen MR) is 58.0 cm³/mol. The lowest BCUT2D eigenvalue weighted by Gasteiger charge is -2.05. The number of aromatic nitrogens is 1. The van der Waals surface area contributed by atoms with Crippen LogP contribution in [0, 0.1) is 19.9 Å². The average molecular weight is 182 g/mol. The Morgan fingerprint density at radius 3 is 2.36 bits per heavy atom. The van der Waals surface area contributed by atoms with E-state index in [0.717, 1.165) is 11.4 Å². The molecular formula is C13H12N. The fourth-order valence-electron chi connectivity index (χ4n) is 1.56. The molecule has 1 heteroatoms. The molecule has 69 valence electrons. The van der Waals surface area contributed by atoms with Gasteiger partial charge in [-0.2, -0.15) is 0 Å². The van der Waals surface area contributed by atoms with Crippen molar-refractivity contribution >= 4 is 0 Å². The Morgan fingerprint density at radius 2 is 1.71 bits per heavy atom. The van der Waals surface area contributed by atoms with Crippen LogP contribution in [-0.2, 0) is 0 Å². The van der Waals surface area contributed by atoms with Gasteiger partial charge in [0.15, 0.2) is 0 Å². The Bertz CT molecular complexity index is 432. The highest BCUT2D eigenvalue weighted by Crippen LogP contribution is 2.21. The van der Waals surface area contributed by atoms with Gasteiger partial charge in [0.2, 0.25) is 0 Å². The monoisotopic (exact) mass is 182 g/mol. The summed E-state index contributed by atoms with van der Waals surface area (Å²) in [6, 6.07) is 15.1. The lowest BCUT2D eigenvalue weighted by Crippen LogP contribution is -1.89. The van der Waals surface area contributed by atoms with E-state index in [2.05, 4.69) is 29.2 Å². The van der Waals surface area contributed by atoms with Crippen molar-refractivity contribution in [2.24, 2.45) is 0 Å². The van der Waals surface area contributed by atoms with Gasteiger partial charge in [0.1, 0.15) is 0 Å². The molecule has 0 aliphatic rings. The van der Waals surface area contributed by atoms with E-state index in [1.165, 1.54) is 11.1 Å². The van der Waals surface area contributed by atoms with Gasteiger partial charge < -0.3 is 0 Å². The lowest BCUT2D eigenvalue weighted by atomic mass is 10.0. The van der Waals surface area contributed by atoms with Gasteiger partial charge in [-0.15, -0.1) is 0 Å². The zero-order valence-corrected chi connectivity index (χ0v) is 8.41. The fourth-order valence-corrected chi connectivity index (χ4v) is 1.56. The number of nitrogens with zero attached hydrogens (tertiary/aromatic N) is 1. The Hall–Kier alpha value is -1.63. The van der Waals surface area contributed by atoms with E-state index in [0.29, 0.717) is 0 Å². The second-order valence-corrected chi connectivity index (χ2v) is 3.37. The van der Waals surface area contributed by atoms with E-state index in [4.69, 9.17) is 0 Å². The van der Waals surface area contributed by atoms with Crippen molar-refractivity contribution in [1.82, 2.24) is 4.98 Å². The highest BCUT2D eigenvalue weighted by molar-refractivity contribution is 5.65. The molecule has 1 nitrogen and oxygen atoms in total. The van der Waals surface area contributed by atoms with E-state index < -0.39 is 0 Å². The molecule has 0 unspecified atom stereocenters. The molecule has 14 heavy (non-hydrogen) atoms. The highest BCUT2D eigenvalue weighted by Gasteiger charge is 2.01. The summed E-state index contributed by atoms with van der Waals surface area (Å²) in [6.45, 7) is 4.05. The third-order valence-electron chi connectivity index (χ3n) is 2.25. The molecule has 0 N–H and O–H groups in total. The fraction of sp³-hybridized carbons (Fsp3) is 0.154. The van der Waals surface area contributed by atoms with Gasteiger partial charge in [-0.3, -0.25) is 4.98 Å². The molecule has 0 atom stereocenters. The molecule has 1 radical (unpaired) electrons.